The van der Waals surface area contributed by atoms with E-state index in [9.17, 15) is 14.7 Å². The molecular weight excluding hydrogens is 322 g/mol. The number of carbonyl (C=O) groups excluding carboxylic acids is 2. The van der Waals surface area contributed by atoms with Crippen molar-refractivity contribution >= 4 is 11.8 Å². The first-order valence-corrected chi connectivity index (χ1v) is 8.89. The maximum atomic E-state index is 13.2. The molecule has 3 rings (SSSR count). The van der Waals surface area contributed by atoms with Crippen LogP contribution in [0.15, 0.2) is 6.20 Å². The smallest absolute Gasteiger partial charge is 0.248 e. The van der Waals surface area contributed by atoms with Gasteiger partial charge in [0.2, 0.25) is 11.8 Å². The summed E-state index contributed by atoms with van der Waals surface area (Å²) in [6.07, 6.45) is 3.61. The monoisotopic (exact) mass is 349 g/mol. The Labute approximate surface area is 147 Å². The lowest BCUT2D eigenvalue weighted by Crippen LogP contribution is -2.48. The summed E-state index contributed by atoms with van der Waals surface area (Å²) >= 11 is 0. The number of nitrogens with zero attached hydrogens (tertiary/aromatic N) is 4. The molecule has 1 saturated carbocycles. The summed E-state index contributed by atoms with van der Waals surface area (Å²) in [5, 5.41) is 21.0. The van der Waals surface area contributed by atoms with Gasteiger partial charge in [0.15, 0.2) is 0 Å². The normalized spacial score (nSPS) is 25.9. The van der Waals surface area contributed by atoms with Crippen molar-refractivity contribution < 1.29 is 14.7 Å². The van der Waals surface area contributed by atoms with Crippen LogP contribution in [0.4, 0.5) is 0 Å². The van der Waals surface area contributed by atoms with Crippen molar-refractivity contribution in [1.82, 2.24) is 25.2 Å². The van der Waals surface area contributed by atoms with Gasteiger partial charge in [-0.2, -0.15) is 0 Å². The van der Waals surface area contributed by atoms with Crippen LogP contribution >= 0.6 is 0 Å². The first-order valence-electron chi connectivity index (χ1n) is 8.89. The van der Waals surface area contributed by atoms with Gasteiger partial charge in [-0.25, -0.2) is 4.68 Å². The number of hydrogen-bond donors (Lipinski definition) is 2. The molecule has 0 aromatic carbocycles. The van der Waals surface area contributed by atoms with Crippen molar-refractivity contribution in [2.24, 2.45) is 5.92 Å². The lowest BCUT2D eigenvalue weighted by molar-refractivity contribution is -0.142. The van der Waals surface area contributed by atoms with Crippen molar-refractivity contribution in [3.63, 3.8) is 0 Å². The molecule has 2 fully saturated rings. The Morgan fingerprint density at radius 3 is 2.64 bits per heavy atom. The fourth-order valence-electron chi connectivity index (χ4n) is 3.48. The number of nitrogens with one attached hydrogen (secondary N) is 1. The van der Waals surface area contributed by atoms with E-state index < -0.39 is 18.2 Å². The summed E-state index contributed by atoms with van der Waals surface area (Å²) in [7, 11) is 1.54. The Morgan fingerprint density at radius 1 is 1.40 bits per heavy atom. The third-order valence-electron chi connectivity index (χ3n) is 5.41. The van der Waals surface area contributed by atoms with E-state index in [1.54, 1.807) is 4.68 Å². The molecule has 25 heavy (non-hydrogen) atoms. The molecule has 1 aromatic rings. The highest BCUT2D eigenvalue weighted by atomic mass is 16.3. The van der Waals surface area contributed by atoms with Crippen LogP contribution in [-0.4, -0.2) is 62.6 Å². The molecule has 0 bridgehead atoms. The number of aromatic nitrogens is 3. The van der Waals surface area contributed by atoms with Crippen molar-refractivity contribution in [3.8, 4) is 0 Å². The van der Waals surface area contributed by atoms with E-state index in [0.29, 0.717) is 0 Å². The Balaban J connectivity index is 1.86. The quantitative estimate of drug-likeness (QED) is 0.793. The second kappa shape index (κ2) is 6.40. The van der Waals surface area contributed by atoms with Crippen LogP contribution in [0, 0.1) is 5.92 Å². The summed E-state index contributed by atoms with van der Waals surface area (Å²) in [5.41, 5.74) is 0.993. The average Bonchev–Trinajstić information content (AvgIpc) is 2.99. The first kappa shape index (κ1) is 17.8. The van der Waals surface area contributed by atoms with Gasteiger partial charge in [-0.05, 0) is 18.8 Å². The average molecular weight is 349 g/mol. The van der Waals surface area contributed by atoms with Crippen LogP contribution in [0.1, 0.15) is 51.8 Å². The molecule has 0 radical (unpaired) electrons. The van der Waals surface area contributed by atoms with E-state index in [0.717, 1.165) is 18.5 Å². The van der Waals surface area contributed by atoms with E-state index in [2.05, 4.69) is 22.6 Å². The minimum Gasteiger partial charge on any atom is -0.391 e. The number of carbonyl (C=O) groups is 2. The fraction of sp³-hybridized carbons (Fsp3) is 0.765. The highest BCUT2D eigenvalue weighted by Gasteiger charge is 2.44. The number of amides is 2. The van der Waals surface area contributed by atoms with Gasteiger partial charge in [0.05, 0.1) is 11.8 Å². The Morgan fingerprint density at radius 2 is 2.08 bits per heavy atom. The van der Waals surface area contributed by atoms with Gasteiger partial charge in [0, 0.05) is 31.6 Å². The number of rotatable bonds is 5. The lowest BCUT2D eigenvalue weighted by Gasteiger charge is -2.29. The van der Waals surface area contributed by atoms with Crippen LogP contribution in [0.25, 0.3) is 0 Å². The van der Waals surface area contributed by atoms with Gasteiger partial charge < -0.3 is 15.3 Å². The first-order chi connectivity index (χ1) is 11.8. The molecule has 3 atom stereocenters. The van der Waals surface area contributed by atoms with Gasteiger partial charge in [0.25, 0.3) is 0 Å². The molecule has 1 aromatic heterocycles. The van der Waals surface area contributed by atoms with E-state index >= 15 is 0 Å². The fourth-order valence-corrected chi connectivity index (χ4v) is 3.48. The lowest BCUT2D eigenvalue weighted by atomic mass is 10.0. The largest absolute Gasteiger partial charge is 0.391 e. The molecule has 1 aliphatic heterocycles. The summed E-state index contributed by atoms with van der Waals surface area (Å²) in [5.74, 6) is -0.466. The number of β-amino-alcohol motifs (C(OH)–C–C–N with tert-alkyl or cyclic N) is 1. The molecule has 1 saturated heterocycles. The molecular formula is C17H27N5O3. The Hall–Kier alpha value is -1.96. The summed E-state index contributed by atoms with van der Waals surface area (Å²) < 4.78 is 1.62. The highest BCUT2D eigenvalue weighted by Crippen LogP contribution is 2.46. The molecule has 8 nitrogen and oxygen atoms in total. The summed E-state index contributed by atoms with van der Waals surface area (Å²) in [4.78, 5) is 26.8. The van der Waals surface area contributed by atoms with Crippen LogP contribution in [0.5, 0.6) is 0 Å². The zero-order chi connectivity index (χ0) is 18.4. The maximum absolute atomic E-state index is 13.2. The number of hydrogen-bond acceptors (Lipinski definition) is 5. The van der Waals surface area contributed by atoms with Crippen molar-refractivity contribution in [3.05, 3.63) is 11.9 Å². The molecule has 2 aliphatic rings. The number of likely N-dealkylation sites (N-methyl/N-ethyl adjacent to an activating group) is 1. The van der Waals surface area contributed by atoms with Gasteiger partial charge in [-0.1, -0.05) is 26.0 Å². The van der Waals surface area contributed by atoms with E-state index in [1.807, 2.05) is 20.0 Å². The van der Waals surface area contributed by atoms with E-state index in [1.165, 1.54) is 11.9 Å². The molecule has 2 amide bonds. The van der Waals surface area contributed by atoms with Crippen LogP contribution < -0.4 is 5.32 Å². The molecule has 2 heterocycles. The van der Waals surface area contributed by atoms with E-state index in [4.69, 9.17) is 0 Å². The number of likely N-dealkylation sites (tertiary alicyclic amines) is 1. The Bertz CT molecular complexity index is 667. The predicted octanol–water partition coefficient (Wildman–Crippen LogP) is 0.234. The van der Waals surface area contributed by atoms with Crippen molar-refractivity contribution in [2.75, 3.05) is 13.6 Å². The van der Waals surface area contributed by atoms with Gasteiger partial charge in [-0.3, -0.25) is 9.59 Å². The zero-order valence-corrected chi connectivity index (χ0v) is 15.3. The molecule has 2 unspecified atom stereocenters. The number of aliphatic hydroxyl groups is 1. The van der Waals surface area contributed by atoms with Gasteiger partial charge >= 0.3 is 0 Å². The van der Waals surface area contributed by atoms with Crippen molar-refractivity contribution in [1.29, 1.82) is 0 Å². The highest BCUT2D eigenvalue weighted by molar-refractivity contribution is 5.89. The molecule has 8 heteroatoms. The third-order valence-corrected chi connectivity index (χ3v) is 5.41. The second-order valence-electron chi connectivity index (χ2n) is 7.84. The van der Waals surface area contributed by atoms with Gasteiger partial charge in [0.1, 0.15) is 12.1 Å². The van der Waals surface area contributed by atoms with Crippen LogP contribution in [0.3, 0.4) is 0 Å². The topological polar surface area (TPSA) is 100 Å². The SMILES string of the molecule is CNC(=O)[C@H]1CC(O)CN1C(=O)C(C(C)C)n1cc(C2(C)CC2)nn1. The molecule has 1 aliphatic carbocycles. The summed E-state index contributed by atoms with van der Waals surface area (Å²) in [6, 6.07) is -1.18. The molecule has 0 spiro atoms. The van der Waals surface area contributed by atoms with Crippen LogP contribution in [0.2, 0.25) is 0 Å². The maximum Gasteiger partial charge on any atom is 0.248 e. The number of aliphatic hydroxyl groups excluding tert-OH is 1. The third kappa shape index (κ3) is 3.27. The predicted molar refractivity (Wildman–Crippen MR) is 90.7 cm³/mol. The molecule has 138 valence electrons. The second-order valence-corrected chi connectivity index (χ2v) is 7.84. The van der Waals surface area contributed by atoms with Gasteiger partial charge in [-0.15, -0.1) is 5.10 Å². The summed E-state index contributed by atoms with van der Waals surface area (Å²) in [6.45, 7) is 6.21. The Kier molecular flexibility index (Phi) is 4.57. The minimum atomic E-state index is -0.684. The standard InChI is InChI=1S/C17H27N5O3/c1-10(2)14(22-9-13(19-20-22)17(3)5-6-17)16(25)21-8-11(23)7-12(21)15(24)18-4/h9-12,14,23H,5-8H2,1-4H3,(H,18,24)/t11?,12-,14?/m1/s1. The minimum absolute atomic E-state index is 0.0165. The zero-order valence-electron chi connectivity index (χ0n) is 15.3. The van der Waals surface area contributed by atoms with Crippen LogP contribution in [-0.2, 0) is 15.0 Å². The van der Waals surface area contributed by atoms with Crippen molar-refractivity contribution in [2.45, 2.75) is 63.6 Å². The molecule has 2 N–H and O–H groups in total. The van der Waals surface area contributed by atoms with E-state index in [-0.39, 0.29) is 36.1 Å².